The van der Waals surface area contributed by atoms with Gasteiger partial charge in [-0.25, -0.2) is 0 Å². The maximum atomic E-state index is 2.47. The van der Waals surface area contributed by atoms with Crippen LogP contribution in [0.4, 0.5) is 0 Å². The number of allylic oxidation sites excluding steroid dienone is 4. The normalized spacial score (nSPS) is 19.0. The summed E-state index contributed by atoms with van der Waals surface area (Å²) < 4.78 is 0. The van der Waals surface area contributed by atoms with Crippen molar-refractivity contribution in [2.24, 2.45) is 5.92 Å². The van der Waals surface area contributed by atoms with Crippen molar-refractivity contribution in [1.29, 1.82) is 0 Å². The predicted octanol–water partition coefficient (Wildman–Crippen LogP) is 4.90. The molecule has 0 radical (unpaired) electrons. The second-order valence-electron chi connectivity index (χ2n) is 5.91. The predicted molar refractivity (Wildman–Crippen MR) is 88.6 cm³/mol. The molecule has 1 atom stereocenters. The lowest BCUT2D eigenvalue weighted by Crippen LogP contribution is -2.50. The fourth-order valence-electron chi connectivity index (χ4n) is 3.60. The minimum absolute atomic E-state index is 0.661. The lowest BCUT2D eigenvalue weighted by Gasteiger charge is -2.38. The Labute approximate surface area is 119 Å². The zero-order valence-corrected chi connectivity index (χ0v) is 13.7. The van der Waals surface area contributed by atoms with Gasteiger partial charge in [-0.2, -0.15) is 0 Å². The van der Waals surface area contributed by atoms with Crippen LogP contribution in [0.1, 0.15) is 27.7 Å². The average molecular weight is 270 g/mol. The smallest absolute Gasteiger partial charge is 0.0797 e. The second kappa shape index (κ2) is 5.92. The van der Waals surface area contributed by atoms with E-state index in [2.05, 4.69) is 76.3 Å². The summed E-state index contributed by atoms with van der Waals surface area (Å²) >= 11 is 0. The molecule has 102 valence electrons. The topological polar surface area (TPSA) is 0 Å². The van der Waals surface area contributed by atoms with Gasteiger partial charge in [0, 0.05) is 0 Å². The van der Waals surface area contributed by atoms with Gasteiger partial charge in [0.25, 0.3) is 0 Å². The molecule has 0 aliphatic heterocycles. The fourth-order valence-corrected chi connectivity index (χ4v) is 8.55. The highest BCUT2D eigenvalue weighted by Gasteiger charge is 2.41. The third kappa shape index (κ3) is 2.49. The summed E-state index contributed by atoms with van der Waals surface area (Å²) in [6.45, 7) is 9.46. The van der Waals surface area contributed by atoms with Gasteiger partial charge in [0.05, 0.1) is 8.07 Å². The lowest BCUT2D eigenvalue weighted by atomic mass is 10.0. The van der Waals surface area contributed by atoms with Crippen LogP contribution in [0.15, 0.2) is 54.1 Å². The highest BCUT2D eigenvalue weighted by molar-refractivity contribution is 6.93. The molecular weight excluding hydrogens is 244 g/mol. The van der Waals surface area contributed by atoms with Crippen molar-refractivity contribution in [2.75, 3.05) is 0 Å². The van der Waals surface area contributed by atoms with E-state index in [1.807, 2.05) is 0 Å². The number of rotatable bonds is 5. The van der Waals surface area contributed by atoms with E-state index in [4.69, 9.17) is 0 Å². The quantitative estimate of drug-likeness (QED) is 0.667. The van der Waals surface area contributed by atoms with Crippen LogP contribution in [-0.4, -0.2) is 8.07 Å². The van der Waals surface area contributed by atoms with Crippen LogP contribution in [0, 0.1) is 5.92 Å². The van der Waals surface area contributed by atoms with Gasteiger partial charge in [-0.1, -0.05) is 99.1 Å². The Kier molecular flexibility index (Phi) is 4.46. The van der Waals surface area contributed by atoms with E-state index in [1.54, 1.807) is 10.8 Å². The zero-order chi connectivity index (χ0) is 13.9. The van der Waals surface area contributed by atoms with Crippen molar-refractivity contribution >= 4 is 13.3 Å². The number of hydrogen-bond acceptors (Lipinski definition) is 0. The summed E-state index contributed by atoms with van der Waals surface area (Å²) in [7, 11) is -1.47. The first-order valence-corrected chi connectivity index (χ1v) is 10.1. The molecule has 0 saturated heterocycles. The molecule has 0 bridgehead atoms. The summed E-state index contributed by atoms with van der Waals surface area (Å²) in [6, 6.07) is 13.9. The minimum Gasteiger partial charge on any atom is -0.0797 e. The van der Waals surface area contributed by atoms with Crippen LogP contribution >= 0.6 is 0 Å². The van der Waals surface area contributed by atoms with Gasteiger partial charge in [-0.05, 0) is 11.5 Å². The van der Waals surface area contributed by atoms with E-state index in [9.17, 15) is 0 Å². The van der Waals surface area contributed by atoms with Crippen molar-refractivity contribution in [3.05, 3.63) is 54.1 Å². The highest BCUT2D eigenvalue weighted by Crippen LogP contribution is 2.42. The van der Waals surface area contributed by atoms with Gasteiger partial charge in [-0.15, -0.1) is 0 Å². The van der Waals surface area contributed by atoms with Gasteiger partial charge in [0.1, 0.15) is 0 Å². The molecule has 0 heterocycles. The number of hydrogen-bond donors (Lipinski definition) is 0. The van der Waals surface area contributed by atoms with Crippen LogP contribution in [0.3, 0.4) is 0 Å². The molecule has 1 aliphatic rings. The Morgan fingerprint density at radius 2 is 1.68 bits per heavy atom. The number of benzene rings is 1. The molecule has 19 heavy (non-hydrogen) atoms. The molecule has 0 saturated carbocycles. The molecule has 1 heteroatoms. The second-order valence-corrected chi connectivity index (χ2v) is 10.8. The van der Waals surface area contributed by atoms with E-state index in [-0.39, 0.29) is 0 Å². The van der Waals surface area contributed by atoms with Gasteiger partial charge < -0.3 is 0 Å². The first-order chi connectivity index (χ1) is 9.15. The van der Waals surface area contributed by atoms with Crippen LogP contribution in [0.25, 0.3) is 0 Å². The van der Waals surface area contributed by atoms with E-state index in [0.717, 1.165) is 0 Å². The molecule has 0 spiro atoms. The fraction of sp³-hybridized carbons (Fsp3) is 0.444. The SMILES string of the molecule is CC[Si](CC)(c1ccccc1)C1C=CC=C1C(C)C. The summed E-state index contributed by atoms with van der Waals surface area (Å²) in [5.41, 5.74) is 2.35. The van der Waals surface area contributed by atoms with Crippen LogP contribution in [0.2, 0.25) is 17.6 Å². The highest BCUT2D eigenvalue weighted by atomic mass is 28.3. The van der Waals surface area contributed by atoms with Crippen molar-refractivity contribution in [3.8, 4) is 0 Å². The van der Waals surface area contributed by atoms with Crippen molar-refractivity contribution in [1.82, 2.24) is 0 Å². The van der Waals surface area contributed by atoms with Crippen molar-refractivity contribution in [2.45, 2.75) is 45.3 Å². The summed E-state index contributed by atoms with van der Waals surface area (Å²) in [4.78, 5) is 0. The molecule has 2 rings (SSSR count). The minimum atomic E-state index is -1.47. The summed E-state index contributed by atoms with van der Waals surface area (Å²) in [5.74, 6) is 0.661. The van der Waals surface area contributed by atoms with E-state index >= 15 is 0 Å². The Morgan fingerprint density at radius 3 is 2.21 bits per heavy atom. The molecular formula is C18H26Si. The third-order valence-electron chi connectivity index (χ3n) is 4.82. The Morgan fingerprint density at radius 1 is 1.05 bits per heavy atom. The first-order valence-electron chi connectivity index (χ1n) is 7.59. The molecule has 1 aliphatic carbocycles. The van der Waals surface area contributed by atoms with E-state index in [0.29, 0.717) is 11.5 Å². The summed E-state index contributed by atoms with van der Waals surface area (Å²) in [5, 5.41) is 1.63. The molecule has 1 unspecified atom stereocenters. The third-order valence-corrected chi connectivity index (χ3v) is 10.5. The maximum absolute atomic E-state index is 2.47. The molecule has 0 N–H and O–H groups in total. The molecule has 0 nitrogen and oxygen atoms in total. The Hall–Kier alpha value is -1.08. The lowest BCUT2D eigenvalue weighted by molar-refractivity contribution is 0.744. The molecule has 0 fully saturated rings. The average Bonchev–Trinajstić information content (AvgIpc) is 2.92. The van der Waals surface area contributed by atoms with E-state index < -0.39 is 8.07 Å². The summed E-state index contributed by atoms with van der Waals surface area (Å²) in [6.07, 6.45) is 7.13. The molecule has 0 aromatic heterocycles. The Bertz CT molecular complexity index is 464. The van der Waals surface area contributed by atoms with Crippen LogP contribution in [0.5, 0.6) is 0 Å². The molecule has 0 amide bonds. The van der Waals surface area contributed by atoms with Crippen molar-refractivity contribution in [3.63, 3.8) is 0 Å². The molecule has 1 aromatic rings. The van der Waals surface area contributed by atoms with Crippen molar-refractivity contribution < 1.29 is 0 Å². The Balaban J connectivity index is 2.46. The zero-order valence-electron chi connectivity index (χ0n) is 12.7. The van der Waals surface area contributed by atoms with Gasteiger partial charge >= 0.3 is 0 Å². The first kappa shape index (κ1) is 14.3. The van der Waals surface area contributed by atoms with Crippen LogP contribution < -0.4 is 5.19 Å². The van der Waals surface area contributed by atoms with Crippen LogP contribution in [-0.2, 0) is 0 Å². The standard InChI is InChI=1S/C18H26Si/c1-5-19(6-2,16-11-8-7-9-12-16)18-14-10-13-17(18)15(3)4/h7-15,18H,5-6H2,1-4H3. The monoisotopic (exact) mass is 270 g/mol. The maximum Gasteiger partial charge on any atom is 0.0969 e. The largest absolute Gasteiger partial charge is 0.0969 e. The molecule has 1 aromatic carbocycles. The van der Waals surface area contributed by atoms with E-state index in [1.165, 1.54) is 12.1 Å². The van der Waals surface area contributed by atoms with Gasteiger partial charge in [-0.3, -0.25) is 0 Å². The van der Waals surface area contributed by atoms with Gasteiger partial charge in [0.15, 0.2) is 0 Å². The van der Waals surface area contributed by atoms with Gasteiger partial charge in [0.2, 0.25) is 0 Å².